The molecule has 3 N–H and O–H groups in total. The molecule has 1 fully saturated rings. The Morgan fingerprint density at radius 3 is 3.00 bits per heavy atom. The van der Waals surface area contributed by atoms with Crippen molar-refractivity contribution in [3.05, 3.63) is 24.0 Å². The van der Waals surface area contributed by atoms with Crippen molar-refractivity contribution in [1.29, 1.82) is 0 Å². The van der Waals surface area contributed by atoms with Crippen molar-refractivity contribution in [3.8, 4) is 0 Å². The molecule has 0 amide bonds. The first-order valence-corrected chi connectivity index (χ1v) is 5.30. The van der Waals surface area contributed by atoms with Gasteiger partial charge in [-0.25, -0.2) is 9.37 Å². The number of aliphatic hydroxyl groups is 1. The normalized spacial score (nSPS) is 24.4. The highest BCUT2D eigenvalue weighted by Gasteiger charge is 2.27. The summed E-state index contributed by atoms with van der Waals surface area (Å²) >= 11 is 0. The van der Waals surface area contributed by atoms with Gasteiger partial charge in [0.15, 0.2) is 0 Å². The fraction of sp³-hybridized carbons (Fsp3) is 0.364. The number of fused-ring (bicyclic) bond motifs is 1. The number of aliphatic hydroxyl groups excluding tert-OH is 1. The Balaban J connectivity index is 1.82. The minimum absolute atomic E-state index is 0.195. The topological polar surface area (TPSA) is 60.9 Å². The fourth-order valence-electron chi connectivity index (χ4n) is 1.95. The average Bonchev–Trinajstić information content (AvgIpc) is 2.57. The van der Waals surface area contributed by atoms with Gasteiger partial charge in [0.05, 0.1) is 17.1 Å². The van der Waals surface area contributed by atoms with E-state index in [0.717, 1.165) is 18.4 Å². The number of rotatable bonds is 2. The minimum atomic E-state index is -0.276. The van der Waals surface area contributed by atoms with Crippen molar-refractivity contribution < 1.29 is 9.50 Å². The molecule has 1 aromatic carbocycles. The Kier molecular flexibility index (Phi) is 2.07. The zero-order valence-electron chi connectivity index (χ0n) is 8.57. The second-order valence-corrected chi connectivity index (χ2v) is 4.21. The van der Waals surface area contributed by atoms with Gasteiger partial charge < -0.3 is 15.4 Å². The molecule has 0 atom stereocenters. The molecule has 0 bridgehead atoms. The van der Waals surface area contributed by atoms with E-state index in [9.17, 15) is 4.39 Å². The van der Waals surface area contributed by atoms with Crippen LogP contribution in [0.15, 0.2) is 18.2 Å². The molecular formula is C11H12FN3O. The zero-order valence-corrected chi connectivity index (χ0v) is 8.57. The highest BCUT2D eigenvalue weighted by molar-refractivity contribution is 5.77. The number of halogens is 1. The second kappa shape index (κ2) is 3.45. The van der Waals surface area contributed by atoms with E-state index in [1.165, 1.54) is 12.1 Å². The maximum absolute atomic E-state index is 12.9. The molecule has 0 saturated heterocycles. The van der Waals surface area contributed by atoms with Gasteiger partial charge in [-0.15, -0.1) is 0 Å². The standard InChI is InChI=1S/C11H12FN3O/c12-6-1-2-9-10(3-6)15-11(14-9)13-7-4-8(16)5-7/h1-3,7-8,16H,4-5H2,(H2,13,14,15). The van der Waals surface area contributed by atoms with E-state index >= 15 is 0 Å². The molecule has 3 rings (SSSR count). The van der Waals surface area contributed by atoms with Crippen LogP contribution < -0.4 is 5.32 Å². The molecule has 1 aliphatic carbocycles. The number of anilines is 1. The van der Waals surface area contributed by atoms with Crippen LogP contribution in [0.2, 0.25) is 0 Å². The quantitative estimate of drug-likeness (QED) is 0.722. The molecule has 1 heterocycles. The van der Waals surface area contributed by atoms with Gasteiger partial charge in [0.25, 0.3) is 0 Å². The van der Waals surface area contributed by atoms with Crippen LogP contribution in [0.5, 0.6) is 0 Å². The molecule has 84 valence electrons. The summed E-state index contributed by atoms with van der Waals surface area (Å²) in [6, 6.07) is 4.71. The number of nitrogens with zero attached hydrogens (tertiary/aromatic N) is 1. The van der Waals surface area contributed by atoms with E-state index < -0.39 is 0 Å². The molecule has 5 heteroatoms. The number of hydrogen-bond donors (Lipinski definition) is 3. The summed E-state index contributed by atoms with van der Waals surface area (Å²) in [4.78, 5) is 7.29. The SMILES string of the molecule is OC1CC(Nc2nc3ccc(F)cc3[nH]2)C1. The smallest absolute Gasteiger partial charge is 0.201 e. The molecule has 1 saturated carbocycles. The monoisotopic (exact) mass is 221 g/mol. The fourth-order valence-corrected chi connectivity index (χ4v) is 1.95. The third-order valence-corrected chi connectivity index (χ3v) is 2.90. The summed E-state index contributed by atoms with van der Waals surface area (Å²) in [5.74, 6) is 0.360. The van der Waals surface area contributed by atoms with Crippen molar-refractivity contribution in [2.24, 2.45) is 0 Å². The lowest BCUT2D eigenvalue weighted by molar-refractivity contribution is 0.0834. The summed E-state index contributed by atoms with van der Waals surface area (Å²) in [5.41, 5.74) is 1.42. The highest BCUT2D eigenvalue weighted by atomic mass is 19.1. The van der Waals surface area contributed by atoms with Gasteiger partial charge in [0.1, 0.15) is 5.82 Å². The van der Waals surface area contributed by atoms with Crippen LogP contribution in [-0.2, 0) is 0 Å². The van der Waals surface area contributed by atoms with Crippen LogP contribution >= 0.6 is 0 Å². The molecule has 1 aromatic heterocycles. The van der Waals surface area contributed by atoms with Crippen LogP contribution in [0.1, 0.15) is 12.8 Å². The van der Waals surface area contributed by atoms with Crippen LogP contribution in [0.25, 0.3) is 11.0 Å². The van der Waals surface area contributed by atoms with E-state index in [0.29, 0.717) is 11.5 Å². The van der Waals surface area contributed by atoms with Gasteiger partial charge in [0, 0.05) is 6.04 Å². The third-order valence-electron chi connectivity index (χ3n) is 2.90. The number of aromatic nitrogens is 2. The first-order valence-electron chi connectivity index (χ1n) is 5.30. The number of imidazole rings is 1. The predicted molar refractivity (Wildman–Crippen MR) is 58.7 cm³/mol. The summed E-state index contributed by atoms with van der Waals surface area (Å²) in [7, 11) is 0. The van der Waals surface area contributed by atoms with Gasteiger partial charge in [0.2, 0.25) is 5.95 Å². The molecule has 2 aromatic rings. The first kappa shape index (κ1) is 9.59. The van der Waals surface area contributed by atoms with Crippen molar-refractivity contribution in [1.82, 2.24) is 9.97 Å². The van der Waals surface area contributed by atoms with Gasteiger partial charge >= 0.3 is 0 Å². The van der Waals surface area contributed by atoms with Crippen LogP contribution in [0.3, 0.4) is 0 Å². The Labute approximate surface area is 91.5 Å². The minimum Gasteiger partial charge on any atom is -0.393 e. The first-order chi connectivity index (χ1) is 7.70. The Hall–Kier alpha value is -1.62. The molecule has 4 nitrogen and oxygen atoms in total. The number of aromatic amines is 1. The van der Waals surface area contributed by atoms with Crippen molar-refractivity contribution >= 4 is 17.0 Å². The lowest BCUT2D eigenvalue weighted by atomic mass is 9.90. The van der Waals surface area contributed by atoms with Gasteiger partial charge in [-0.1, -0.05) is 0 Å². The maximum atomic E-state index is 12.9. The van der Waals surface area contributed by atoms with Crippen molar-refractivity contribution in [2.45, 2.75) is 25.0 Å². The number of nitrogens with one attached hydrogen (secondary N) is 2. The van der Waals surface area contributed by atoms with Gasteiger partial charge in [-0.3, -0.25) is 0 Å². The Bertz CT molecular complexity index is 519. The van der Waals surface area contributed by atoms with Crippen LogP contribution in [-0.4, -0.2) is 27.2 Å². The van der Waals surface area contributed by atoms with E-state index in [1.807, 2.05) is 0 Å². The van der Waals surface area contributed by atoms with Crippen LogP contribution in [0, 0.1) is 5.82 Å². The van der Waals surface area contributed by atoms with E-state index in [-0.39, 0.29) is 18.0 Å². The van der Waals surface area contributed by atoms with E-state index in [4.69, 9.17) is 5.11 Å². The Morgan fingerprint density at radius 2 is 2.25 bits per heavy atom. The molecule has 0 radical (unpaired) electrons. The zero-order chi connectivity index (χ0) is 11.1. The van der Waals surface area contributed by atoms with Crippen molar-refractivity contribution in [2.75, 3.05) is 5.32 Å². The average molecular weight is 221 g/mol. The molecule has 16 heavy (non-hydrogen) atoms. The molecule has 0 aliphatic heterocycles. The van der Waals surface area contributed by atoms with E-state index in [2.05, 4.69) is 15.3 Å². The summed E-state index contributed by atoms with van der Waals surface area (Å²) in [6.07, 6.45) is 1.29. The summed E-state index contributed by atoms with van der Waals surface area (Å²) < 4.78 is 12.9. The molecular weight excluding hydrogens is 209 g/mol. The van der Waals surface area contributed by atoms with Gasteiger partial charge in [-0.2, -0.15) is 0 Å². The second-order valence-electron chi connectivity index (χ2n) is 4.21. The number of hydrogen-bond acceptors (Lipinski definition) is 3. The van der Waals surface area contributed by atoms with Crippen molar-refractivity contribution in [3.63, 3.8) is 0 Å². The number of benzene rings is 1. The molecule has 0 unspecified atom stereocenters. The summed E-state index contributed by atoms with van der Waals surface area (Å²) in [5, 5.41) is 12.3. The predicted octanol–water partition coefficient (Wildman–Crippen LogP) is 1.64. The Morgan fingerprint density at radius 1 is 1.44 bits per heavy atom. The van der Waals surface area contributed by atoms with Crippen LogP contribution in [0.4, 0.5) is 10.3 Å². The molecule has 0 spiro atoms. The molecule has 1 aliphatic rings. The highest BCUT2D eigenvalue weighted by Crippen LogP contribution is 2.24. The van der Waals surface area contributed by atoms with Gasteiger partial charge in [-0.05, 0) is 31.0 Å². The lowest BCUT2D eigenvalue weighted by Gasteiger charge is -2.31. The summed E-state index contributed by atoms with van der Waals surface area (Å²) in [6.45, 7) is 0. The lowest BCUT2D eigenvalue weighted by Crippen LogP contribution is -2.39. The largest absolute Gasteiger partial charge is 0.393 e. The number of H-pyrrole nitrogens is 1. The van der Waals surface area contributed by atoms with E-state index in [1.54, 1.807) is 6.07 Å². The third kappa shape index (κ3) is 1.63. The maximum Gasteiger partial charge on any atom is 0.201 e.